The zero-order valence-corrected chi connectivity index (χ0v) is 19.6. The summed E-state index contributed by atoms with van der Waals surface area (Å²) in [4.78, 5) is 12.8. The summed E-state index contributed by atoms with van der Waals surface area (Å²) in [5.74, 6) is -0.648. The Morgan fingerprint density at radius 2 is 1.59 bits per heavy atom. The standard InChI is InChI=1S/C26H27F3N2O2.ClH/c1-17(21-10-6-8-18-7-2-3-9-22(18)21)30-23-11-4-5-12-24(23)31-25(32)19-13-15-20(16-14-19)33-26(27,28)29;/h2-3,6-10,13-17,23-24,30H,4-5,11-12H2,1H3,(H,31,32);1H/t17-,23+,24+;/m0./s1. The molecule has 1 aliphatic carbocycles. The predicted molar refractivity (Wildman–Crippen MR) is 129 cm³/mol. The van der Waals surface area contributed by atoms with Crippen LogP contribution < -0.4 is 15.4 Å². The third-order valence-corrected chi connectivity index (χ3v) is 6.19. The van der Waals surface area contributed by atoms with Crippen molar-refractivity contribution in [1.82, 2.24) is 10.6 Å². The SMILES string of the molecule is C[C@H](N[C@@H]1CCCC[C@H]1NC(=O)c1ccc(OC(F)(F)F)cc1)c1cccc2ccccc12.Cl. The maximum absolute atomic E-state index is 12.8. The number of hydrogen-bond acceptors (Lipinski definition) is 3. The predicted octanol–water partition coefficient (Wildman–Crippen LogP) is 6.55. The number of nitrogens with one attached hydrogen (secondary N) is 2. The second-order valence-corrected chi connectivity index (χ2v) is 8.50. The molecule has 1 fully saturated rings. The number of carbonyl (C=O) groups excluding carboxylic acids is 1. The molecule has 4 nitrogen and oxygen atoms in total. The molecule has 0 aromatic heterocycles. The van der Waals surface area contributed by atoms with E-state index in [1.807, 2.05) is 12.1 Å². The first kappa shape index (κ1) is 25.8. The second-order valence-electron chi connectivity index (χ2n) is 8.50. The summed E-state index contributed by atoms with van der Waals surface area (Å²) in [5.41, 5.74) is 1.51. The highest BCUT2D eigenvalue weighted by atomic mass is 35.5. The van der Waals surface area contributed by atoms with E-state index in [9.17, 15) is 18.0 Å². The molecule has 34 heavy (non-hydrogen) atoms. The van der Waals surface area contributed by atoms with Crippen molar-refractivity contribution < 1.29 is 22.7 Å². The van der Waals surface area contributed by atoms with Gasteiger partial charge in [0.2, 0.25) is 0 Å². The van der Waals surface area contributed by atoms with Crippen molar-refractivity contribution in [3.8, 4) is 5.75 Å². The van der Waals surface area contributed by atoms with Crippen LogP contribution >= 0.6 is 12.4 Å². The van der Waals surface area contributed by atoms with Gasteiger partial charge in [0.05, 0.1) is 0 Å². The number of carbonyl (C=O) groups is 1. The fraction of sp³-hybridized carbons (Fsp3) is 0.346. The molecule has 1 saturated carbocycles. The minimum atomic E-state index is -4.76. The minimum absolute atomic E-state index is 0. The molecule has 0 heterocycles. The highest BCUT2D eigenvalue weighted by Crippen LogP contribution is 2.27. The van der Waals surface area contributed by atoms with Crippen LogP contribution in [0.3, 0.4) is 0 Å². The average Bonchev–Trinajstić information content (AvgIpc) is 2.79. The minimum Gasteiger partial charge on any atom is -0.406 e. The Bertz CT molecular complexity index is 1100. The summed E-state index contributed by atoms with van der Waals surface area (Å²) in [6.07, 6.45) is -0.870. The van der Waals surface area contributed by atoms with Crippen LogP contribution in [0.1, 0.15) is 54.6 Å². The zero-order chi connectivity index (χ0) is 23.4. The van der Waals surface area contributed by atoms with Gasteiger partial charge in [0, 0.05) is 23.7 Å². The highest BCUT2D eigenvalue weighted by molar-refractivity contribution is 5.94. The van der Waals surface area contributed by atoms with Crippen molar-refractivity contribution in [3.05, 3.63) is 77.9 Å². The average molecular weight is 493 g/mol. The first-order valence-corrected chi connectivity index (χ1v) is 11.2. The van der Waals surface area contributed by atoms with E-state index in [1.165, 1.54) is 28.5 Å². The van der Waals surface area contributed by atoms with Gasteiger partial charge in [0.25, 0.3) is 5.91 Å². The van der Waals surface area contributed by atoms with Gasteiger partial charge in [-0.05, 0) is 60.4 Å². The third kappa shape index (κ3) is 6.42. The summed E-state index contributed by atoms with van der Waals surface area (Å²) >= 11 is 0. The van der Waals surface area contributed by atoms with Gasteiger partial charge in [-0.15, -0.1) is 25.6 Å². The molecule has 0 aliphatic heterocycles. The molecule has 0 radical (unpaired) electrons. The smallest absolute Gasteiger partial charge is 0.406 e. The first-order valence-electron chi connectivity index (χ1n) is 11.2. The second kappa shape index (κ2) is 11.1. The van der Waals surface area contributed by atoms with Gasteiger partial charge >= 0.3 is 6.36 Å². The van der Waals surface area contributed by atoms with Gasteiger partial charge in [-0.3, -0.25) is 4.79 Å². The molecule has 3 aromatic carbocycles. The van der Waals surface area contributed by atoms with Crippen molar-refractivity contribution in [2.24, 2.45) is 0 Å². The van der Waals surface area contributed by atoms with Crippen molar-refractivity contribution in [2.75, 3.05) is 0 Å². The fourth-order valence-corrected chi connectivity index (χ4v) is 4.60. The molecule has 182 valence electrons. The van der Waals surface area contributed by atoms with E-state index < -0.39 is 6.36 Å². The molecule has 0 saturated heterocycles. The van der Waals surface area contributed by atoms with Gasteiger partial charge < -0.3 is 15.4 Å². The van der Waals surface area contributed by atoms with Crippen LogP contribution in [0.15, 0.2) is 66.7 Å². The first-order chi connectivity index (χ1) is 15.8. The van der Waals surface area contributed by atoms with Crippen molar-refractivity contribution >= 4 is 29.1 Å². The molecule has 0 bridgehead atoms. The van der Waals surface area contributed by atoms with E-state index >= 15 is 0 Å². The molecule has 1 aliphatic rings. The molecule has 1 amide bonds. The lowest BCUT2D eigenvalue weighted by Crippen LogP contribution is -2.52. The van der Waals surface area contributed by atoms with Gasteiger partial charge in [0.15, 0.2) is 0 Å². The molecular weight excluding hydrogens is 465 g/mol. The van der Waals surface area contributed by atoms with Gasteiger partial charge in [0.1, 0.15) is 5.75 Å². The highest BCUT2D eigenvalue weighted by Gasteiger charge is 2.31. The quantitative estimate of drug-likeness (QED) is 0.410. The Balaban J connectivity index is 0.00000324. The number of ether oxygens (including phenoxy) is 1. The van der Waals surface area contributed by atoms with Crippen LogP contribution in [0, 0.1) is 0 Å². The Morgan fingerprint density at radius 1 is 0.941 bits per heavy atom. The van der Waals surface area contributed by atoms with Crippen LogP contribution in [0.5, 0.6) is 5.75 Å². The van der Waals surface area contributed by atoms with E-state index in [1.54, 1.807) is 0 Å². The van der Waals surface area contributed by atoms with E-state index in [0.717, 1.165) is 37.8 Å². The van der Waals surface area contributed by atoms with Crippen LogP contribution in [0.4, 0.5) is 13.2 Å². The summed E-state index contributed by atoms with van der Waals surface area (Å²) in [6.45, 7) is 2.13. The van der Waals surface area contributed by atoms with Gasteiger partial charge in [-0.25, -0.2) is 0 Å². The largest absolute Gasteiger partial charge is 0.573 e. The van der Waals surface area contributed by atoms with Crippen LogP contribution in [0.25, 0.3) is 10.8 Å². The molecule has 0 spiro atoms. The summed E-state index contributed by atoms with van der Waals surface area (Å²) in [5, 5.41) is 9.19. The molecule has 0 unspecified atom stereocenters. The fourth-order valence-electron chi connectivity index (χ4n) is 4.60. The molecule has 8 heteroatoms. The number of hydrogen-bond donors (Lipinski definition) is 2. The molecule has 2 N–H and O–H groups in total. The topological polar surface area (TPSA) is 50.4 Å². The van der Waals surface area contributed by atoms with Crippen molar-refractivity contribution in [2.45, 2.75) is 57.1 Å². The van der Waals surface area contributed by atoms with Gasteiger partial charge in [-0.1, -0.05) is 55.3 Å². The maximum Gasteiger partial charge on any atom is 0.573 e. The van der Waals surface area contributed by atoms with Crippen molar-refractivity contribution in [3.63, 3.8) is 0 Å². The Morgan fingerprint density at radius 3 is 2.29 bits per heavy atom. The number of alkyl halides is 3. The Hall–Kier alpha value is -2.77. The molecule has 3 aromatic rings. The lowest BCUT2D eigenvalue weighted by molar-refractivity contribution is -0.274. The van der Waals surface area contributed by atoms with Crippen molar-refractivity contribution in [1.29, 1.82) is 0 Å². The normalized spacial score (nSPS) is 19.2. The van der Waals surface area contributed by atoms with E-state index in [2.05, 4.69) is 52.6 Å². The van der Waals surface area contributed by atoms with E-state index in [0.29, 0.717) is 5.56 Å². The Kier molecular flexibility index (Phi) is 8.44. The van der Waals surface area contributed by atoms with Crippen LogP contribution in [0.2, 0.25) is 0 Å². The van der Waals surface area contributed by atoms with Crippen LogP contribution in [-0.4, -0.2) is 24.4 Å². The lowest BCUT2D eigenvalue weighted by atomic mass is 9.88. The molecular formula is C26H28ClF3N2O2. The van der Waals surface area contributed by atoms with Gasteiger partial charge in [-0.2, -0.15) is 0 Å². The monoisotopic (exact) mass is 492 g/mol. The molecule has 3 atom stereocenters. The summed E-state index contributed by atoms with van der Waals surface area (Å²) in [7, 11) is 0. The summed E-state index contributed by atoms with van der Waals surface area (Å²) < 4.78 is 40.9. The Labute approximate surface area is 203 Å². The number of amides is 1. The maximum atomic E-state index is 12.8. The number of rotatable bonds is 6. The van der Waals surface area contributed by atoms with E-state index in [-0.39, 0.29) is 42.2 Å². The number of fused-ring (bicyclic) bond motifs is 1. The van der Waals surface area contributed by atoms with Crippen LogP contribution in [-0.2, 0) is 0 Å². The summed E-state index contributed by atoms with van der Waals surface area (Å²) in [6, 6.07) is 19.7. The molecule has 4 rings (SSSR count). The number of benzene rings is 3. The zero-order valence-electron chi connectivity index (χ0n) is 18.8. The lowest BCUT2D eigenvalue weighted by Gasteiger charge is -2.35. The van der Waals surface area contributed by atoms with E-state index in [4.69, 9.17) is 0 Å². The number of halogens is 4. The third-order valence-electron chi connectivity index (χ3n) is 6.19.